The summed E-state index contributed by atoms with van der Waals surface area (Å²) >= 11 is 0. The fourth-order valence-electron chi connectivity index (χ4n) is 5.46. The summed E-state index contributed by atoms with van der Waals surface area (Å²) in [5.41, 5.74) is 4.83. The van der Waals surface area contributed by atoms with E-state index in [2.05, 4.69) is 16.0 Å². The van der Waals surface area contributed by atoms with Crippen molar-refractivity contribution in [2.24, 2.45) is 0 Å². The SMILES string of the molecule is O=C(CC[C@@H](NC(=O)OCC1c2ccccc2-c2ccccc21)C(=O)O)NCCNc1cccc2c(S(=O)(=O)O)cccc12. The van der Waals surface area contributed by atoms with E-state index in [1.54, 1.807) is 24.3 Å². The van der Waals surface area contributed by atoms with Crippen LogP contribution in [0.5, 0.6) is 0 Å². The van der Waals surface area contributed by atoms with Gasteiger partial charge in [0.05, 0.1) is 0 Å². The molecule has 0 radical (unpaired) electrons. The van der Waals surface area contributed by atoms with Gasteiger partial charge in [0.2, 0.25) is 5.91 Å². The van der Waals surface area contributed by atoms with E-state index in [4.69, 9.17) is 4.74 Å². The van der Waals surface area contributed by atoms with Gasteiger partial charge in [0, 0.05) is 41.9 Å². The average molecular weight is 618 g/mol. The van der Waals surface area contributed by atoms with E-state index in [-0.39, 0.29) is 36.8 Å². The third-order valence-electron chi connectivity index (χ3n) is 7.52. The van der Waals surface area contributed by atoms with Gasteiger partial charge in [0.25, 0.3) is 10.1 Å². The number of ether oxygens (including phenoxy) is 1. The lowest BCUT2D eigenvalue weighted by molar-refractivity contribution is -0.139. The number of rotatable bonds is 12. The molecule has 5 rings (SSSR count). The van der Waals surface area contributed by atoms with Gasteiger partial charge in [-0.2, -0.15) is 8.42 Å². The number of carboxylic acid groups (broad SMARTS) is 1. The van der Waals surface area contributed by atoms with Crippen molar-refractivity contribution in [3.63, 3.8) is 0 Å². The molecule has 0 unspecified atom stereocenters. The third-order valence-corrected chi connectivity index (χ3v) is 8.43. The standard InChI is InChI=1S/C32H31N3O8S/c36-30(34-18-17-33-27-13-5-12-25-24(27)11-6-14-29(25)44(40,41)42)16-15-28(31(37)38)35-32(39)43-19-26-22-9-3-1-7-20(22)21-8-2-4-10-23(21)26/h1-14,26,28,33H,15-19H2,(H,34,36)(H,35,39)(H,37,38)(H,40,41,42)/t28-/m1/s1. The normalized spacial score (nSPS) is 13.0. The molecule has 11 nitrogen and oxygen atoms in total. The monoisotopic (exact) mass is 617 g/mol. The topological polar surface area (TPSA) is 171 Å². The van der Waals surface area contributed by atoms with Gasteiger partial charge in [0.1, 0.15) is 17.5 Å². The molecule has 0 spiro atoms. The highest BCUT2D eigenvalue weighted by atomic mass is 32.2. The first-order chi connectivity index (χ1) is 21.1. The van der Waals surface area contributed by atoms with Gasteiger partial charge in [-0.25, -0.2) is 9.59 Å². The first-order valence-electron chi connectivity index (χ1n) is 14.0. The molecule has 228 valence electrons. The van der Waals surface area contributed by atoms with Gasteiger partial charge in [-0.15, -0.1) is 0 Å². The molecule has 4 aromatic carbocycles. The summed E-state index contributed by atoms with van der Waals surface area (Å²) in [7, 11) is -4.40. The zero-order valence-corrected chi connectivity index (χ0v) is 24.3. The van der Waals surface area contributed by atoms with Crippen LogP contribution in [-0.4, -0.2) is 61.8 Å². The van der Waals surface area contributed by atoms with Crippen LogP contribution in [0.3, 0.4) is 0 Å². The van der Waals surface area contributed by atoms with Crippen LogP contribution in [0.1, 0.15) is 29.9 Å². The summed E-state index contributed by atoms with van der Waals surface area (Å²) in [6.45, 7) is 0.527. The number of carboxylic acids is 1. The first-order valence-corrected chi connectivity index (χ1v) is 15.4. The van der Waals surface area contributed by atoms with Gasteiger partial charge in [0.15, 0.2) is 0 Å². The highest BCUT2D eigenvalue weighted by Gasteiger charge is 2.30. The fraction of sp³-hybridized carbons (Fsp3) is 0.219. The molecule has 0 bridgehead atoms. The number of hydrogen-bond donors (Lipinski definition) is 5. The first kappa shape index (κ1) is 30.5. The Balaban J connectivity index is 1.08. The van der Waals surface area contributed by atoms with Gasteiger partial charge in [-0.3, -0.25) is 9.35 Å². The van der Waals surface area contributed by atoms with Crippen LogP contribution >= 0.6 is 0 Å². The van der Waals surface area contributed by atoms with Crippen LogP contribution in [0.25, 0.3) is 21.9 Å². The van der Waals surface area contributed by atoms with Gasteiger partial charge >= 0.3 is 12.1 Å². The lowest BCUT2D eigenvalue weighted by Crippen LogP contribution is -2.42. The van der Waals surface area contributed by atoms with Gasteiger partial charge in [-0.05, 0) is 40.8 Å². The number of alkyl carbamates (subject to hydrolysis) is 1. The molecule has 2 amide bonds. The van der Waals surface area contributed by atoms with Crippen molar-refractivity contribution in [3.05, 3.63) is 96.1 Å². The van der Waals surface area contributed by atoms with Crippen LogP contribution in [0.15, 0.2) is 89.8 Å². The molecule has 0 saturated carbocycles. The van der Waals surface area contributed by atoms with Crippen LogP contribution in [0.4, 0.5) is 10.5 Å². The molecular weight excluding hydrogens is 586 g/mol. The number of carbonyl (C=O) groups is 3. The molecule has 0 aromatic heterocycles. The average Bonchev–Trinajstić information content (AvgIpc) is 3.33. The van der Waals surface area contributed by atoms with Gasteiger partial charge < -0.3 is 25.8 Å². The summed E-state index contributed by atoms with van der Waals surface area (Å²) in [6.07, 6.45) is -1.16. The highest BCUT2D eigenvalue weighted by Crippen LogP contribution is 2.44. The minimum Gasteiger partial charge on any atom is -0.480 e. The Bertz CT molecular complexity index is 1780. The molecule has 0 aliphatic heterocycles. The zero-order chi connectivity index (χ0) is 31.3. The summed E-state index contributed by atoms with van der Waals surface area (Å²) in [5, 5.41) is 18.7. The molecule has 1 aliphatic rings. The summed E-state index contributed by atoms with van der Waals surface area (Å²) in [6, 6.07) is 23.9. The quantitative estimate of drug-likeness (QED) is 0.114. The molecule has 4 aromatic rings. The van der Waals surface area contributed by atoms with Crippen molar-refractivity contribution < 1.29 is 37.2 Å². The largest absolute Gasteiger partial charge is 0.480 e. The number of carbonyl (C=O) groups excluding carboxylic acids is 2. The van der Waals surface area contributed by atoms with E-state index in [9.17, 15) is 32.5 Å². The van der Waals surface area contributed by atoms with Crippen LogP contribution in [0, 0.1) is 0 Å². The fourth-order valence-corrected chi connectivity index (χ4v) is 6.17. The Morgan fingerprint density at radius 2 is 1.45 bits per heavy atom. The predicted octanol–water partition coefficient (Wildman–Crippen LogP) is 4.39. The molecule has 0 heterocycles. The maximum absolute atomic E-state index is 12.5. The summed E-state index contributed by atoms with van der Waals surface area (Å²) in [4.78, 5) is 36.5. The Labute approximate surface area is 254 Å². The predicted molar refractivity (Wildman–Crippen MR) is 164 cm³/mol. The molecule has 44 heavy (non-hydrogen) atoms. The zero-order valence-electron chi connectivity index (χ0n) is 23.5. The minimum atomic E-state index is -4.40. The van der Waals surface area contributed by atoms with E-state index in [0.29, 0.717) is 23.0 Å². The van der Waals surface area contributed by atoms with Crippen LogP contribution < -0.4 is 16.0 Å². The Morgan fingerprint density at radius 3 is 2.11 bits per heavy atom. The Hall–Kier alpha value is -4.94. The molecule has 0 fully saturated rings. The number of hydrogen-bond acceptors (Lipinski definition) is 7. The van der Waals surface area contributed by atoms with Crippen molar-refractivity contribution in [1.29, 1.82) is 0 Å². The highest BCUT2D eigenvalue weighted by molar-refractivity contribution is 7.86. The maximum atomic E-state index is 12.5. The summed E-state index contributed by atoms with van der Waals surface area (Å²) < 4.78 is 38.3. The molecule has 12 heteroatoms. The molecule has 0 saturated heterocycles. The van der Waals surface area contributed by atoms with Crippen molar-refractivity contribution >= 4 is 44.5 Å². The van der Waals surface area contributed by atoms with Gasteiger partial charge in [-0.1, -0.05) is 72.8 Å². The number of aliphatic carboxylic acids is 1. The maximum Gasteiger partial charge on any atom is 0.407 e. The number of anilines is 1. The molecule has 5 N–H and O–H groups in total. The molecule has 1 aliphatic carbocycles. The van der Waals surface area contributed by atoms with E-state index in [0.717, 1.165) is 22.3 Å². The van der Waals surface area contributed by atoms with E-state index in [1.165, 1.54) is 12.1 Å². The van der Waals surface area contributed by atoms with Crippen molar-refractivity contribution in [1.82, 2.24) is 10.6 Å². The number of amides is 2. The van der Waals surface area contributed by atoms with Crippen LogP contribution in [0.2, 0.25) is 0 Å². The van der Waals surface area contributed by atoms with Crippen molar-refractivity contribution in [2.45, 2.75) is 29.7 Å². The molecular formula is C32H31N3O8S. The third kappa shape index (κ3) is 6.82. The number of fused-ring (bicyclic) bond motifs is 4. The minimum absolute atomic E-state index is 0.0352. The van der Waals surface area contributed by atoms with E-state index < -0.39 is 34.1 Å². The lowest BCUT2D eigenvalue weighted by atomic mass is 9.98. The van der Waals surface area contributed by atoms with E-state index >= 15 is 0 Å². The number of nitrogens with one attached hydrogen (secondary N) is 3. The second-order valence-electron chi connectivity index (χ2n) is 10.3. The van der Waals surface area contributed by atoms with Crippen molar-refractivity contribution in [2.75, 3.05) is 25.0 Å². The van der Waals surface area contributed by atoms with Crippen molar-refractivity contribution in [3.8, 4) is 11.1 Å². The summed E-state index contributed by atoms with van der Waals surface area (Å²) in [5.74, 6) is -1.86. The number of benzene rings is 4. The second-order valence-corrected chi connectivity index (χ2v) is 11.7. The molecule has 1 atom stereocenters. The van der Waals surface area contributed by atoms with E-state index in [1.807, 2.05) is 48.5 Å². The smallest absolute Gasteiger partial charge is 0.407 e. The van der Waals surface area contributed by atoms with Crippen LogP contribution in [-0.2, 0) is 24.4 Å². The second kappa shape index (κ2) is 13.1. The Morgan fingerprint density at radius 1 is 0.818 bits per heavy atom. The Kier molecular flexibility index (Phi) is 9.12. The lowest BCUT2D eigenvalue weighted by Gasteiger charge is -2.17.